The average Bonchev–Trinajstić information content (AvgIpc) is 2.59. The number of aliphatic hydroxyl groups excluding tert-OH is 1. The van der Waals surface area contributed by atoms with Gasteiger partial charge in [-0.3, -0.25) is 4.90 Å². The number of hydrogen-bond donors (Lipinski definition) is 2. The van der Waals surface area contributed by atoms with E-state index < -0.39 is 0 Å². The summed E-state index contributed by atoms with van der Waals surface area (Å²) in [5, 5.41) is 9.44. The summed E-state index contributed by atoms with van der Waals surface area (Å²) in [6.07, 6.45) is 4.49. The molecule has 1 saturated heterocycles. The van der Waals surface area contributed by atoms with Crippen molar-refractivity contribution in [3.8, 4) is 0 Å². The van der Waals surface area contributed by atoms with Gasteiger partial charge in [0.05, 0.1) is 6.61 Å². The fraction of sp³-hybridized carbons (Fsp3) is 0.571. The smallest absolute Gasteiger partial charge is 0.123 e. The number of likely N-dealkylation sites (tertiary alicyclic amines) is 1. The second-order valence-electron chi connectivity index (χ2n) is 5.00. The van der Waals surface area contributed by atoms with Crippen LogP contribution in [0.25, 0.3) is 0 Å². The van der Waals surface area contributed by atoms with Crippen molar-refractivity contribution in [2.75, 3.05) is 18.9 Å². The molecule has 1 aromatic carbocycles. The van der Waals surface area contributed by atoms with Gasteiger partial charge in [0.1, 0.15) is 5.82 Å². The first kappa shape index (κ1) is 13.3. The maximum absolute atomic E-state index is 13.2. The molecule has 1 unspecified atom stereocenters. The largest absolute Gasteiger partial charge is 0.398 e. The third kappa shape index (κ3) is 3.21. The van der Waals surface area contributed by atoms with Crippen LogP contribution in [0.3, 0.4) is 0 Å². The first-order chi connectivity index (χ1) is 8.70. The second-order valence-corrected chi connectivity index (χ2v) is 5.00. The Morgan fingerprint density at radius 3 is 2.94 bits per heavy atom. The monoisotopic (exact) mass is 252 g/mol. The van der Waals surface area contributed by atoms with Crippen LogP contribution in [0.4, 0.5) is 10.1 Å². The van der Waals surface area contributed by atoms with E-state index in [0.717, 1.165) is 31.4 Å². The minimum atomic E-state index is -0.255. The molecule has 1 aromatic rings. The summed E-state index contributed by atoms with van der Waals surface area (Å²) in [5.41, 5.74) is 7.31. The molecule has 0 aromatic heterocycles. The van der Waals surface area contributed by atoms with E-state index >= 15 is 0 Å². The highest BCUT2D eigenvalue weighted by Gasteiger charge is 2.21. The molecule has 1 atom stereocenters. The van der Waals surface area contributed by atoms with Crippen LogP contribution in [-0.2, 0) is 6.54 Å². The highest BCUT2D eigenvalue weighted by Crippen LogP contribution is 2.22. The molecule has 0 saturated carbocycles. The van der Waals surface area contributed by atoms with Crippen LogP contribution in [0.5, 0.6) is 0 Å². The third-order valence-electron chi connectivity index (χ3n) is 3.69. The number of halogens is 1. The SMILES string of the molecule is Nc1ccc(F)cc1CN1CCCCCC1CO. The van der Waals surface area contributed by atoms with Crippen LogP contribution in [0, 0.1) is 5.82 Å². The molecule has 4 heteroatoms. The Labute approximate surface area is 107 Å². The normalized spacial score (nSPS) is 21.8. The Morgan fingerprint density at radius 2 is 2.17 bits per heavy atom. The standard InChI is InChI=1S/C14H21FN2O/c15-12-5-6-14(16)11(8-12)9-17-7-3-1-2-4-13(17)10-18/h5-6,8,13,18H,1-4,7,9-10,16H2. The zero-order valence-electron chi connectivity index (χ0n) is 10.6. The number of nitrogens with zero attached hydrogens (tertiary/aromatic N) is 1. The van der Waals surface area contributed by atoms with Gasteiger partial charge in [-0.1, -0.05) is 12.8 Å². The maximum atomic E-state index is 13.2. The summed E-state index contributed by atoms with van der Waals surface area (Å²) >= 11 is 0. The summed E-state index contributed by atoms with van der Waals surface area (Å²) in [6, 6.07) is 4.66. The highest BCUT2D eigenvalue weighted by molar-refractivity contribution is 5.46. The molecule has 0 bridgehead atoms. The average molecular weight is 252 g/mol. The quantitative estimate of drug-likeness (QED) is 0.810. The molecule has 0 spiro atoms. The van der Waals surface area contributed by atoms with Crippen LogP contribution < -0.4 is 5.73 Å². The van der Waals surface area contributed by atoms with Gasteiger partial charge in [0.15, 0.2) is 0 Å². The van der Waals surface area contributed by atoms with Gasteiger partial charge in [-0.15, -0.1) is 0 Å². The molecule has 3 nitrogen and oxygen atoms in total. The van der Waals surface area contributed by atoms with Crippen molar-refractivity contribution < 1.29 is 9.50 Å². The van der Waals surface area contributed by atoms with Gasteiger partial charge in [-0.2, -0.15) is 0 Å². The van der Waals surface area contributed by atoms with Gasteiger partial charge in [-0.05, 0) is 43.1 Å². The number of hydrogen-bond acceptors (Lipinski definition) is 3. The Balaban J connectivity index is 2.12. The number of benzene rings is 1. The fourth-order valence-corrected chi connectivity index (χ4v) is 2.58. The van der Waals surface area contributed by atoms with Gasteiger partial charge in [0.2, 0.25) is 0 Å². The van der Waals surface area contributed by atoms with Crippen molar-refractivity contribution in [1.29, 1.82) is 0 Å². The van der Waals surface area contributed by atoms with Crippen LogP contribution in [0.2, 0.25) is 0 Å². The molecule has 1 fully saturated rings. The van der Waals surface area contributed by atoms with E-state index in [0.29, 0.717) is 12.2 Å². The Hall–Kier alpha value is -1.13. The van der Waals surface area contributed by atoms with Crippen LogP contribution in [-0.4, -0.2) is 29.2 Å². The van der Waals surface area contributed by atoms with E-state index in [2.05, 4.69) is 4.90 Å². The van der Waals surface area contributed by atoms with Gasteiger partial charge in [0, 0.05) is 18.3 Å². The number of rotatable bonds is 3. The molecule has 1 aliphatic heterocycles. The van der Waals surface area contributed by atoms with Gasteiger partial charge < -0.3 is 10.8 Å². The molecule has 100 valence electrons. The van der Waals surface area contributed by atoms with Crippen LogP contribution in [0.1, 0.15) is 31.2 Å². The van der Waals surface area contributed by atoms with Crippen molar-refractivity contribution in [3.63, 3.8) is 0 Å². The van der Waals surface area contributed by atoms with Gasteiger partial charge >= 0.3 is 0 Å². The van der Waals surface area contributed by atoms with E-state index in [1.165, 1.54) is 18.6 Å². The first-order valence-corrected chi connectivity index (χ1v) is 6.59. The molecule has 1 heterocycles. The van der Waals surface area contributed by atoms with E-state index in [1.54, 1.807) is 6.07 Å². The Morgan fingerprint density at radius 1 is 1.33 bits per heavy atom. The number of aliphatic hydroxyl groups is 1. The summed E-state index contributed by atoms with van der Waals surface area (Å²) in [6.45, 7) is 1.73. The molecular weight excluding hydrogens is 231 g/mol. The maximum Gasteiger partial charge on any atom is 0.123 e. The van der Waals surface area contributed by atoms with Crippen molar-refractivity contribution in [2.24, 2.45) is 0 Å². The molecule has 3 N–H and O–H groups in total. The molecule has 0 radical (unpaired) electrons. The van der Waals surface area contributed by atoms with E-state index in [4.69, 9.17) is 5.73 Å². The minimum absolute atomic E-state index is 0.162. The zero-order chi connectivity index (χ0) is 13.0. The number of anilines is 1. The first-order valence-electron chi connectivity index (χ1n) is 6.59. The number of nitrogen functional groups attached to an aromatic ring is 1. The summed E-state index contributed by atoms with van der Waals surface area (Å²) < 4.78 is 13.2. The predicted octanol–water partition coefficient (Wildman–Crippen LogP) is 2.14. The van der Waals surface area contributed by atoms with E-state index in [1.807, 2.05) is 0 Å². The fourth-order valence-electron chi connectivity index (χ4n) is 2.58. The lowest BCUT2D eigenvalue weighted by atomic mass is 10.1. The lowest BCUT2D eigenvalue weighted by Crippen LogP contribution is -2.37. The van der Waals surface area contributed by atoms with Crippen molar-refractivity contribution in [2.45, 2.75) is 38.3 Å². The molecule has 1 aliphatic rings. The lowest BCUT2D eigenvalue weighted by Gasteiger charge is -2.28. The second kappa shape index (κ2) is 6.16. The molecule has 0 amide bonds. The van der Waals surface area contributed by atoms with E-state index in [9.17, 15) is 9.50 Å². The van der Waals surface area contributed by atoms with Crippen LogP contribution in [0.15, 0.2) is 18.2 Å². The minimum Gasteiger partial charge on any atom is -0.398 e. The molecule has 2 rings (SSSR count). The summed E-state index contributed by atoms with van der Waals surface area (Å²) in [5.74, 6) is -0.255. The summed E-state index contributed by atoms with van der Waals surface area (Å²) in [4.78, 5) is 2.22. The predicted molar refractivity (Wildman–Crippen MR) is 70.6 cm³/mol. The van der Waals surface area contributed by atoms with Crippen LogP contribution >= 0.6 is 0 Å². The van der Waals surface area contributed by atoms with Crippen molar-refractivity contribution in [1.82, 2.24) is 4.90 Å². The molecule has 18 heavy (non-hydrogen) atoms. The Bertz CT molecular complexity index is 397. The highest BCUT2D eigenvalue weighted by atomic mass is 19.1. The van der Waals surface area contributed by atoms with Crippen molar-refractivity contribution >= 4 is 5.69 Å². The lowest BCUT2D eigenvalue weighted by molar-refractivity contribution is 0.118. The summed E-state index contributed by atoms with van der Waals surface area (Å²) in [7, 11) is 0. The zero-order valence-corrected chi connectivity index (χ0v) is 10.6. The van der Waals surface area contributed by atoms with Crippen molar-refractivity contribution in [3.05, 3.63) is 29.6 Å². The topological polar surface area (TPSA) is 49.5 Å². The third-order valence-corrected chi connectivity index (χ3v) is 3.69. The van der Waals surface area contributed by atoms with Gasteiger partial charge in [-0.25, -0.2) is 4.39 Å². The molecular formula is C14H21FN2O. The van der Waals surface area contributed by atoms with Gasteiger partial charge in [0.25, 0.3) is 0 Å². The Kier molecular flexibility index (Phi) is 4.55. The molecule has 0 aliphatic carbocycles. The number of nitrogens with two attached hydrogens (primary N) is 1. The van der Waals surface area contributed by atoms with E-state index in [-0.39, 0.29) is 18.5 Å².